The molecule has 0 spiro atoms. The molecule has 1 atom stereocenters. The van der Waals surface area contributed by atoms with Crippen molar-refractivity contribution in [3.8, 4) is 0 Å². The topological polar surface area (TPSA) is 53.7 Å². The van der Waals surface area contributed by atoms with Crippen LogP contribution in [0.3, 0.4) is 0 Å². The molecule has 4 heterocycles. The largest absolute Gasteiger partial charge is 0.361 e. The predicted molar refractivity (Wildman–Crippen MR) is 97.0 cm³/mol. The van der Waals surface area contributed by atoms with Crippen LogP contribution >= 0.6 is 0 Å². The Morgan fingerprint density at radius 2 is 2.04 bits per heavy atom. The van der Waals surface area contributed by atoms with Crippen molar-refractivity contribution in [1.29, 1.82) is 0 Å². The molecular formula is C19H21N5O. The molecule has 3 aromatic rings. The second-order valence-electron chi connectivity index (χ2n) is 6.66. The molecule has 25 heavy (non-hydrogen) atoms. The third-order valence-electron chi connectivity index (χ3n) is 4.76. The maximum Gasteiger partial charge on any atom is 0.253 e. The van der Waals surface area contributed by atoms with Gasteiger partial charge in [-0.15, -0.1) is 0 Å². The number of hydrogen-bond acceptors (Lipinski definition) is 4. The molecule has 6 nitrogen and oxygen atoms in total. The molecule has 4 rings (SSSR count). The lowest BCUT2D eigenvalue weighted by Gasteiger charge is -2.19. The van der Waals surface area contributed by atoms with Crippen LogP contribution in [0.2, 0.25) is 0 Å². The first-order valence-electron chi connectivity index (χ1n) is 8.48. The fourth-order valence-corrected chi connectivity index (χ4v) is 3.44. The van der Waals surface area contributed by atoms with Gasteiger partial charge in [-0.25, -0.2) is 4.98 Å². The molecule has 1 amide bonds. The van der Waals surface area contributed by atoms with E-state index in [1.807, 2.05) is 36.2 Å². The van der Waals surface area contributed by atoms with Crippen LogP contribution in [-0.4, -0.2) is 52.4 Å². The Kier molecular flexibility index (Phi) is 3.87. The van der Waals surface area contributed by atoms with Gasteiger partial charge in [-0.1, -0.05) is 0 Å². The summed E-state index contributed by atoms with van der Waals surface area (Å²) in [7, 11) is 4.01. The Bertz CT molecular complexity index is 903. The summed E-state index contributed by atoms with van der Waals surface area (Å²) in [5, 5.41) is 0. The number of likely N-dealkylation sites (tertiary alicyclic amines) is 1. The van der Waals surface area contributed by atoms with E-state index in [0.717, 1.165) is 30.0 Å². The lowest BCUT2D eigenvalue weighted by atomic mass is 10.1. The van der Waals surface area contributed by atoms with Gasteiger partial charge in [-0.3, -0.25) is 9.78 Å². The number of rotatable bonds is 3. The third-order valence-corrected chi connectivity index (χ3v) is 4.76. The van der Waals surface area contributed by atoms with Crippen molar-refractivity contribution in [2.75, 3.05) is 32.1 Å². The van der Waals surface area contributed by atoms with Gasteiger partial charge in [0.1, 0.15) is 0 Å². The summed E-state index contributed by atoms with van der Waals surface area (Å²) < 4.78 is 2.12. The third kappa shape index (κ3) is 2.84. The van der Waals surface area contributed by atoms with Crippen LogP contribution in [-0.2, 0) is 0 Å². The quantitative estimate of drug-likeness (QED) is 0.738. The van der Waals surface area contributed by atoms with E-state index in [2.05, 4.69) is 21.6 Å². The zero-order valence-electron chi connectivity index (χ0n) is 14.5. The van der Waals surface area contributed by atoms with E-state index < -0.39 is 0 Å². The smallest absolute Gasteiger partial charge is 0.253 e. The maximum atomic E-state index is 12.6. The van der Waals surface area contributed by atoms with Gasteiger partial charge in [0.05, 0.1) is 11.2 Å². The minimum atomic E-state index is 0.0692. The van der Waals surface area contributed by atoms with E-state index in [4.69, 9.17) is 4.98 Å². The van der Waals surface area contributed by atoms with Crippen molar-refractivity contribution in [3.05, 3.63) is 60.3 Å². The van der Waals surface area contributed by atoms with Crippen LogP contribution in [0.15, 0.2) is 49.1 Å². The number of pyridine rings is 1. The number of amides is 1. The van der Waals surface area contributed by atoms with E-state index >= 15 is 0 Å². The van der Waals surface area contributed by atoms with Gasteiger partial charge >= 0.3 is 0 Å². The lowest BCUT2D eigenvalue weighted by molar-refractivity contribution is 0.0790. The number of aromatic nitrogens is 3. The van der Waals surface area contributed by atoms with Gasteiger partial charge in [0.2, 0.25) is 0 Å². The normalized spacial score (nSPS) is 17.2. The second-order valence-corrected chi connectivity index (χ2v) is 6.66. The number of carbonyl (C=O) groups excluding carboxylic acids is 1. The number of fused-ring (bicyclic) bond motifs is 1. The van der Waals surface area contributed by atoms with Crippen LogP contribution in [0.5, 0.6) is 0 Å². The first kappa shape index (κ1) is 15.6. The minimum absolute atomic E-state index is 0.0692. The average molecular weight is 335 g/mol. The van der Waals surface area contributed by atoms with Crippen molar-refractivity contribution in [3.63, 3.8) is 0 Å². The number of carbonyl (C=O) groups is 1. The van der Waals surface area contributed by atoms with Gasteiger partial charge < -0.3 is 14.2 Å². The number of hydrogen-bond donors (Lipinski definition) is 0. The van der Waals surface area contributed by atoms with Crippen molar-refractivity contribution in [2.45, 2.75) is 12.3 Å². The summed E-state index contributed by atoms with van der Waals surface area (Å²) in [5.74, 6) is 1.29. The molecule has 0 saturated carbocycles. The molecule has 0 unspecified atom stereocenters. The molecule has 6 heteroatoms. The van der Waals surface area contributed by atoms with Crippen LogP contribution in [0.25, 0.3) is 5.52 Å². The highest BCUT2D eigenvalue weighted by Crippen LogP contribution is 2.29. The summed E-state index contributed by atoms with van der Waals surface area (Å²) in [6.07, 6.45) is 8.39. The molecule has 1 aliphatic heterocycles. The second kappa shape index (κ2) is 6.20. The highest BCUT2D eigenvalue weighted by molar-refractivity contribution is 5.94. The SMILES string of the molecule is CN(C)c1nc([C@H]2CCN(C(=O)c3ccncc3)C2)cn2cccc12. The minimum Gasteiger partial charge on any atom is -0.361 e. The summed E-state index contributed by atoms with van der Waals surface area (Å²) in [5.41, 5.74) is 2.83. The van der Waals surface area contributed by atoms with Crippen LogP contribution in [0, 0.1) is 0 Å². The maximum absolute atomic E-state index is 12.6. The first-order valence-corrected chi connectivity index (χ1v) is 8.48. The Morgan fingerprint density at radius 1 is 1.24 bits per heavy atom. The summed E-state index contributed by atoms with van der Waals surface area (Å²) in [6.45, 7) is 1.46. The molecular weight excluding hydrogens is 314 g/mol. The van der Waals surface area contributed by atoms with E-state index in [9.17, 15) is 4.79 Å². The highest BCUT2D eigenvalue weighted by atomic mass is 16.2. The monoisotopic (exact) mass is 335 g/mol. The Balaban J connectivity index is 1.59. The predicted octanol–water partition coefficient (Wildman–Crippen LogP) is 2.43. The molecule has 0 bridgehead atoms. The van der Waals surface area contributed by atoms with Crippen molar-refractivity contribution >= 4 is 17.2 Å². The van der Waals surface area contributed by atoms with Crippen molar-refractivity contribution in [1.82, 2.24) is 19.3 Å². The molecule has 0 aromatic carbocycles. The first-order chi connectivity index (χ1) is 12.1. The average Bonchev–Trinajstić information content (AvgIpc) is 3.30. The van der Waals surface area contributed by atoms with Gasteiger partial charge in [-0.2, -0.15) is 0 Å². The zero-order chi connectivity index (χ0) is 17.4. The van der Waals surface area contributed by atoms with E-state index in [-0.39, 0.29) is 11.8 Å². The molecule has 128 valence electrons. The van der Waals surface area contributed by atoms with Gasteiger partial charge in [0, 0.05) is 63.5 Å². The van der Waals surface area contributed by atoms with Crippen LogP contribution in [0.1, 0.15) is 28.4 Å². The van der Waals surface area contributed by atoms with Crippen LogP contribution in [0.4, 0.5) is 5.82 Å². The van der Waals surface area contributed by atoms with Crippen molar-refractivity contribution in [2.24, 2.45) is 0 Å². The standard InChI is InChI=1S/C19H21N5O/c1-22(2)18-17-4-3-10-23(17)13-16(21-18)15-7-11-24(12-15)19(25)14-5-8-20-9-6-14/h3-6,8-10,13,15H,7,11-12H2,1-2H3/t15-/m0/s1. The van der Waals surface area contributed by atoms with Gasteiger partial charge in [0.25, 0.3) is 5.91 Å². The lowest BCUT2D eigenvalue weighted by Crippen LogP contribution is -2.28. The van der Waals surface area contributed by atoms with E-state index in [0.29, 0.717) is 12.1 Å². The Labute approximate surface area is 146 Å². The fraction of sp³-hybridized carbons (Fsp3) is 0.316. The Hall–Kier alpha value is -2.89. The molecule has 0 aliphatic carbocycles. The van der Waals surface area contributed by atoms with Gasteiger partial charge in [-0.05, 0) is 30.7 Å². The summed E-state index contributed by atoms with van der Waals surface area (Å²) >= 11 is 0. The van der Waals surface area contributed by atoms with Crippen molar-refractivity contribution < 1.29 is 4.79 Å². The van der Waals surface area contributed by atoms with E-state index in [1.54, 1.807) is 24.5 Å². The summed E-state index contributed by atoms with van der Waals surface area (Å²) in [6, 6.07) is 7.63. The zero-order valence-corrected chi connectivity index (χ0v) is 14.5. The molecule has 3 aromatic heterocycles. The molecule has 1 fully saturated rings. The summed E-state index contributed by atoms with van der Waals surface area (Å²) in [4.78, 5) is 25.4. The van der Waals surface area contributed by atoms with E-state index in [1.165, 1.54) is 0 Å². The van der Waals surface area contributed by atoms with Crippen LogP contribution < -0.4 is 4.90 Å². The number of anilines is 1. The fourth-order valence-electron chi connectivity index (χ4n) is 3.44. The highest BCUT2D eigenvalue weighted by Gasteiger charge is 2.29. The molecule has 1 saturated heterocycles. The Morgan fingerprint density at radius 3 is 2.80 bits per heavy atom. The molecule has 1 aliphatic rings. The molecule has 0 radical (unpaired) electrons. The number of nitrogens with zero attached hydrogens (tertiary/aromatic N) is 5. The molecule has 0 N–H and O–H groups in total. The van der Waals surface area contributed by atoms with Gasteiger partial charge in [0.15, 0.2) is 5.82 Å².